The number of ketones is 1. The third kappa shape index (κ3) is 3.33. The zero-order chi connectivity index (χ0) is 20.1. The largest absolute Gasteiger partial charge is 0.295 e. The standard InChI is InChI=1S/C27H44O/c1-18(2)7-6-8-19(3)23-11-12-24-22-10-9-20-17-21(28)13-15-26(20,4)25(22)14-16-27(23,24)5/h17-19,22-25H,6-16H2,1-5H3/t19-,22+,23-,24-,25-,26+,27-/m1/s1. The Labute approximate surface area is 174 Å². The van der Waals surface area contributed by atoms with Gasteiger partial charge in [-0.25, -0.2) is 0 Å². The summed E-state index contributed by atoms with van der Waals surface area (Å²) in [5.41, 5.74) is 2.43. The van der Waals surface area contributed by atoms with Crippen LogP contribution in [-0.4, -0.2) is 5.78 Å². The van der Waals surface area contributed by atoms with E-state index in [0.717, 1.165) is 48.3 Å². The molecule has 0 spiro atoms. The highest BCUT2D eigenvalue weighted by atomic mass is 16.1. The number of carbonyl (C=O) groups is 1. The topological polar surface area (TPSA) is 17.1 Å². The Hall–Kier alpha value is -0.590. The average molecular weight is 385 g/mol. The van der Waals surface area contributed by atoms with Crippen LogP contribution in [0, 0.1) is 46.3 Å². The molecule has 0 aromatic rings. The first kappa shape index (κ1) is 20.7. The van der Waals surface area contributed by atoms with E-state index in [-0.39, 0.29) is 0 Å². The summed E-state index contributed by atoms with van der Waals surface area (Å²) in [5, 5.41) is 0. The molecular weight excluding hydrogens is 340 g/mol. The van der Waals surface area contributed by atoms with Gasteiger partial charge in [-0.3, -0.25) is 4.79 Å². The van der Waals surface area contributed by atoms with E-state index < -0.39 is 0 Å². The first-order valence-electron chi connectivity index (χ1n) is 12.5. The predicted molar refractivity (Wildman–Crippen MR) is 118 cm³/mol. The fourth-order valence-corrected chi connectivity index (χ4v) is 8.58. The zero-order valence-electron chi connectivity index (χ0n) is 19.2. The molecule has 0 aromatic carbocycles. The number of carbonyl (C=O) groups excluding carboxylic acids is 1. The first-order valence-corrected chi connectivity index (χ1v) is 12.5. The molecule has 0 aromatic heterocycles. The minimum atomic E-state index is 0.332. The molecule has 3 saturated carbocycles. The van der Waals surface area contributed by atoms with Crippen molar-refractivity contribution in [3.8, 4) is 0 Å². The Bertz CT molecular complexity index is 630. The van der Waals surface area contributed by atoms with Crippen molar-refractivity contribution >= 4 is 5.78 Å². The molecule has 3 fully saturated rings. The molecule has 4 aliphatic carbocycles. The second kappa shape index (κ2) is 7.59. The first-order chi connectivity index (χ1) is 13.3. The summed E-state index contributed by atoms with van der Waals surface area (Å²) in [6.07, 6.45) is 16.6. The van der Waals surface area contributed by atoms with Crippen LogP contribution in [0.3, 0.4) is 0 Å². The lowest BCUT2D eigenvalue weighted by atomic mass is 9.46. The number of allylic oxidation sites excluding steroid dienone is 1. The highest BCUT2D eigenvalue weighted by Gasteiger charge is 2.59. The van der Waals surface area contributed by atoms with Crippen LogP contribution in [-0.2, 0) is 4.79 Å². The van der Waals surface area contributed by atoms with Gasteiger partial charge in [-0.05, 0) is 97.4 Å². The van der Waals surface area contributed by atoms with Crippen molar-refractivity contribution < 1.29 is 4.79 Å². The molecular formula is C27H44O. The van der Waals surface area contributed by atoms with Crippen LogP contribution in [0.2, 0.25) is 0 Å². The molecule has 158 valence electrons. The zero-order valence-corrected chi connectivity index (χ0v) is 19.2. The molecule has 0 N–H and O–H groups in total. The van der Waals surface area contributed by atoms with Gasteiger partial charge in [0.2, 0.25) is 0 Å². The molecule has 7 atom stereocenters. The van der Waals surface area contributed by atoms with Gasteiger partial charge >= 0.3 is 0 Å². The molecule has 0 amide bonds. The Kier molecular flexibility index (Phi) is 5.60. The fourth-order valence-electron chi connectivity index (χ4n) is 8.58. The van der Waals surface area contributed by atoms with E-state index in [1.165, 1.54) is 63.4 Å². The third-order valence-electron chi connectivity index (χ3n) is 10.2. The van der Waals surface area contributed by atoms with Crippen molar-refractivity contribution in [1.29, 1.82) is 0 Å². The minimum Gasteiger partial charge on any atom is -0.295 e. The molecule has 0 aliphatic heterocycles. The lowest BCUT2D eigenvalue weighted by Gasteiger charge is -2.58. The van der Waals surface area contributed by atoms with Crippen LogP contribution in [0.25, 0.3) is 0 Å². The van der Waals surface area contributed by atoms with E-state index in [9.17, 15) is 4.79 Å². The molecule has 0 saturated heterocycles. The molecule has 0 radical (unpaired) electrons. The van der Waals surface area contributed by atoms with E-state index >= 15 is 0 Å². The monoisotopic (exact) mass is 384 g/mol. The van der Waals surface area contributed by atoms with Gasteiger partial charge < -0.3 is 0 Å². The summed E-state index contributed by atoms with van der Waals surface area (Å²) in [5.74, 6) is 5.79. The van der Waals surface area contributed by atoms with Gasteiger partial charge in [-0.2, -0.15) is 0 Å². The number of hydrogen-bond donors (Lipinski definition) is 0. The van der Waals surface area contributed by atoms with Crippen LogP contribution in [0.1, 0.15) is 105 Å². The Morgan fingerprint density at radius 1 is 0.964 bits per heavy atom. The van der Waals surface area contributed by atoms with Gasteiger partial charge in [-0.1, -0.05) is 59.5 Å². The van der Waals surface area contributed by atoms with Gasteiger partial charge in [0.1, 0.15) is 0 Å². The lowest BCUT2D eigenvalue weighted by Crippen LogP contribution is -2.50. The van der Waals surface area contributed by atoms with Gasteiger partial charge in [0.25, 0.3) is 0 Å². The van der Waals surface area contributed by atoms with E-state index in [4.69, 9.17) is 0 Å². The molecule has 4 aliphatic rings. The summed E-state index contributed by atoms with van der Waals surface area (Å²) < 4.78 is 0. The lowest BCUT2D eigenvalue weighted by molar-refractivity contribution is -0.117. The molecule has 1 nitrogen and oxygen atoms in total. The number of rotatable bonds is 5. The van der Waals surface area contributed by atoms with E-state index in [0.29, 0.717) is 16.6 Å². The molecule has 28 heavy (non-hydrogen) atoms. The van der Waals surface area contributed by atoms with Crippen LogP contribution in [0.5, 0.6) is 0 Å². The maximum absolute atomic E-state index is 12.0. The molecule has 0 heterocycles. The third-order valence-corrected chi connectivity index (χ3v) is 10.2. The maximum atomic E-state index is 12.0. The van der Waals surface area contributed by atoms with Crippen molar-refractivity contribution in [3.05, 3.63) is 11.6 Å². The van der Waals surface area contributed by atoms with Crippen molar-refractivity contribution in [2.24, 2.45) is 46.3 Å². The van der Waals surface area contributed by atoms with E-state index in [2.05, 4.69) is 40.7 Å². The molecule has 0 bridgehead atoms. The molecule has 1 heteroatoms. The van der Waals surface area contributed by atoms with E-state index in [1.54, 1.807) is 0 Å². The Morgan fingerprint density at radius 2 is 1.75 bits per heavy atom. The van der Waals surface area contributed by atoms with Crippen LogP contribution < -0.4 is 0 Å². The highest BCUT2D eigenvalue weighted by Crippen LogP contribution is 2.67. The second-order valence-corrected chi connectivity index (χ2v) is 12.0. The van der Waals surface area contributed by atoms with Gasteiger partial charge in [0.15, 0.2) is 5.78 Å². The average Bonchev–Trinajstić information content (AvgIpc) is 2.99. The normalized spacial score (nSPS) is 43.9. The predicted octanol–water partition coefficient (Wildman–Crippen LogP) is 7.60. The Balaban J connectivity index is 1.49. The maximum Gasteiger partial charge on any atom is 0.155 e. The summed E-state index contributed by atoms with van der Waals surface area (Å²) in [6, 6.07) is 0. The quantitative estimate of drug-likeness (QED) is 0.477. The van der Waals surface area contributed by atoms with Gasteiger partial charge in [-0.15, -0.1) is 0 Å². The summed E-state index contributed by atoms with van der Waals surface area (Å²) >= 11 is 0. The summed E-state index contributed by atoms with van der Waals surface area (Å²) in [4.78, 5) is 12.0. The van der Waals surface area contributed by atoms with Crippen molar-refractivity contribution in [3.63, 3.8) is 0 Å². The number of fused-ring (bicyclic) bond motifs is 5. The Morgan fingerprint density at radius 3 is 2.50 bits per heavy atom. The minimum absolute atomic E-state index is 0.332. The van der Waals surface area contributed by atoms with Crippen molar-refractivity contribution in [2.45, 2.75) is 105 Å². The molecule has 0 unspecified atom stereocenters. The smallest absolute Gasteiger partial charge is 0.155 e. The highest BCUT2D eigenvalue weighted by molar-refractivity contribution is 5.91. The second-order valence-electron chi connectivity index (χ2n) is 12.0. The van der Waals surface area contributed by atoms with Crippen LogP contribution in [0.15, 0.2) is 11.6 Å². The summed E-state index contributed by atoms with van der Waals surface area (Å²) in [7, 11) is 0. The number of hydrogen-bond acceptors (Lipinski definition) is 1. The van der Waals surface area contributed by atoms with E-state index in [1.807, 2.05) is 0 Å². The van der Waals surface area contributed by atoms with Gasteiger partial charge in [0, 0.05) is 6.42 Å². The molecule has 4 rings (SSSR count). The fraction of sp³-hybridized carbons (Fsp3) is 0.889. The summed E-state index contributed by atoms with van der Waals surface area (Å²) in [6.45, 7) is 12.5. The van der Waals surface area contributed by atoms with Crippen molar-refractivity contribution in [1.82, 2.24) is 0 Å². The van der Waals surface area contributed by atoms with Crippen LogP contribution >= 0.6 is 0 Å². The van der Waals surface area contributed by atoms with Crippen molar-refractivity contribution in [2.75, 3.05) is 0 Å². The van der Waals surface area contributed by atoms with Crippen LogP contribution in [0.4, 0.5) is 0 Å². The SMILES string of the molecule is CC(C)CCC[C@@H](C)[C@H]1CC[C@@H]2[C@@H]3CCC4=CC(=O)CC[C@]4(C)[C@@H]3CC[C@@]21C. The van der Waals surface area contributed by atoms with Gasteiger partial charge in [0.05, 0.1) is 0 Å².